The van der Waals surface area contributed by atoms with E-state index < -0.39 is 16.6 Å². The van der Waals surface area contributed by atoms with E-state index in [0.29, 0.717) is 12.5 Å². The maximum atomic E-state index is 9.52. The Balaban J connectivity index is 2.09. The molecule has 0 aliphatic rings. The lowest BCUT2D eigenvalue weighted by Gasteiger charge is -2.42. The van der Waals surface area contributed by atoms with Crippen LogP contribution in [0, 0.1) is 17.2 Å². The predicted octanol–water partition coefficient (Wildman–Crippen LogP) is 8.01. The van der Waals surface area contributed by atoms with E-state index in [1.54, 1.807) is 0 Å². The molecule has 0 heterocycles. The van der Waals surface area contributed by atoms with Crippen LogP contribution in [0.5, 0.6) is 0 Å². The molecule has 0 aromatic heterocycles. The molecule has 0 aliphatic heterocycles. The summed E-state index contributed by atoms with van der Waals surface area (Å²) in [4.78, 5) is 0. The molecule has 0 saturated heterocycles. The minimum Gasteiger partial charge on any atom is -0.404 e. The van der Waals surface area contributed by atoms with Gasteiger partial charge >= 0.3 is 0 Å². The third-order valence-corrected chi connectivity index (χ3v) is 13.1. The van der Waals surface area contributed by atoms with Crippen molar-refractivity contribution >= 4 is 27.0 Å². The Hall–Kier alpha value is -2.24. The molecule has 206 valence electrons. The van der Waals surface area contributed by atoms with Gasteiger partial charge in [-0.1, -0.05) is 112 Å². The fraction of sp³-hybridized carbons (Fsp3) is 0.485. The van der Waals surface area contributed by atoms with Gasteiger partial charge in [-0.25, -0.2) is 0 Å². The molecule has 2 rings (SSSR count). The fourth-order valence-corrected chi connectivity index (χ4v) is 10.5. The van der Waals surface area contributed by atoms with E-state index in [1.807, 2.05) is 0 Å². The van der Waals surface area contributed by atoms with Gasteiger partial charge < -0.3 is 8.85 Å². The fourth-order valence-electron chi connectivity index (χ4n) is 4.96. The highest BCUT2D eigenvalue weighted by Crippen LogP contribution is 2.36. The summed E-state index contributed by atoms with van der Waals surface area (Å²) >= 11 is 0. The molecular formula is C33H49NO2Si2. The van der Waals surface area contributed by atoms with Gasteiger partial charge in [-0.2, -0.15) is 5.26 Å². The maximum Gasteiger partial charge on any atom is 0.261 e. The molecule has 2 atom stereocenters. The van der Waals surface area contributed by atoms with E-state index in [1.165, 1.54) is 21.5 Å². The molecule has 0 bridgehead atoms. The molecule has 0 amide bonds. The number of hydrogen-bond donors (Lipinski definition) is 0. The van der Waals surface area contributed by atoms with Gasteiger partial charge in [-0.05, 0) is 74.1 Å². The van der Waals surface area contributed by atoms with Gasteiger partial charge in [0.05, 0.1) is 12.7 Å². The van der Waals surface area contributed by atoms with Crippen molar-refractivity contribution in [3.05, 3.63) is 84.0 Å². The Kier molecular flexibility index (Phi) is 12.0. The molecule has 0 N–H and O–H groups in total. The van der Waals surface area contributed by atoms with Gasteiger partial charge in [0.2, 0.25) is 0 Å². The molecule has 0 fully saturated rings. The molecule has 0 saturated carbocycles. The van der Waals surface area contributed by atoms with Crippen molar-refractivity contribution in [2.75, 3.05) is 6.61 Å². The molecule has 0 aliphatic carbocycles. The molecule has 38 heavy (non-hydrogen) atoms. The second-order valence-electron chi connectivity index (χ2n) is 12.5. The number of nitrogens with zero attached hydrogens (tertiary/aromatic N) is 1. The Morgan fingerprint density at radius 2 is 1.45 bits per heavy atom. The van der Waals surface area contributed by atoms with Crippen LogP contribution in [0.2, 0.25) is 24.7 Å². The van der Waals surface area contributed by atoms with Crippen molar-refractivity contribution in [3.8, 4) is 6.07 Å². The number of benzene rings is 2. The highest BCUT2D eigenvalue weighted by atomic mass is 28.4. The number of allylic oxidation sites excluding steroid dienone is 3. The van der Waals surface area contributed by atoms with Crippen LogP contribution >= 0.6 is 0 Å². The molecule has 5 heteroatoms. The second kappa shape index (κ2) is 14.2. The third kappa shape index (κ3) is 9.20. The Morgan fingerprint density at radius 1 is 0.921 bits per heavy atom. The van der Waals surface area contributed by atoms with Crippen LogP contribution in [0.3, 0.4) is 0 Å². The first kappa shape index (κ1) is 32.0. The molecule has 2 aromatic rings. The summed E-state index contributed by atoms with van der Waals surface area (Å²) in [6.07, 6.45) is 7.02. The quantitative estimate of drug-likeness (QED) is 0.188. The number of rotatable bonds is 13. The van der Waals surface area contributed by atoms with Crippen LogP contribution in [-0.4, -0.2) is 29.3 Å². The van der Waals surface area contributed by atoms with Gasteiger partial charge in [0.15, 0.2) is 8.32 Å². The third-order valence-electron chi connectivity index (χ3n) is 7.14. The average Bonchev–Trinajstić information content (AvgIpc) is 2.85. The predicted molar refractivity (Wildman–Crippen MR) is 168 cm³/mol. The van der Waals surface area contributed by atoms with Crippen molar-refractivity contribution < 1.29 is 8.85 Å². The largest absolute Gasteiger partial charge is 0.404 e. The van der Waals surface area contributed by atoms with Crippen molar-refractivity contribution in [3.63, 3.8) is 0 Å². The van der Waals surface area contributed by atoms with Crippen LogP contribution in [0.15, 0.2) is 84.0 Å². The van der Waals surface area contributed by atoms with Crippen LogP contribution in [-0.2, 0) is 8.85 Å². The van der Waals surface area contributed by atoms with Crippen LogP contribution < -0.4 is 10.4 Å². The highest BCUT2D eigenvalue weighted by molar-refractivity contribution is 6.99. The molecule has 0 radical (unpaired) electrons. The SMILES string of the molecule is C/C(=C\CO[Si](c1ccccc1)(c1ccccc1)C(C)(C)C)CC/C=C(\C)C(C)CC(C#N)O[Si](C)(C)C. The summed E-state index contributed by atoms with van der Waals surface area (Å²) in [6.45, 7) is 20.5. The van der Waals surface area contributed by atoms with E-state index in [2.05, 4.69) is 140 Å². The number of hydrogen-bond acceptors (Lipinski definition) is 3. The lowest BCUT2D eigenvalue weighted by molar-refractivity contribution is 0.222. The van der Waals surface area contributed by atoms with Crippen LogP contribution in [0.25, 0.3) is 0 Å². The summed E-state index contributed by atoms with van der Waals surface area (Å²) in [5, 5.41) is 12.1. The van der Waals surface area contributed by atoms with E-state index in [4.69, 9.17) is 8.85 Å². The maximum absolute atomic E-state index is 9.52. The Labute approximate surface area is 234 Å². The lowest BCUT2D eigenvalue weighted by atomic mass is 9.95. The van der Waals surface area contributed by atoms with E-state index in [-0.39, 0.29) is 11.1 Å². The summed E-state index contributed by atoms with van der Waals surface area (Å²) in [5.41, 5.74) is 2.68. The van der Waals surface area contributed by atoms with Crippen LogP contribution in [0.4, 0.5) is 0 Å². The second-order valence-corrected chi connectivity index (χ2v) is 21.3. The lowest BCUT2D eigenvalue weighted by Crippen LogP contribution is -2.66. The van der Waals surface area contributed by atoms with Crippen molar-refractivity contribution in [1.29, 1.82) is 5.26 Å². The first-order valence-electron chi connectivity index (χ1n) is 13.9. The zero-order chi connectivity index (χ0) is 28.4. The van der Waals surface area contributed by atoms with E-state index in [9.17, 15) is 5.26 Å². The van der Waals surface area contributed by atoms with Gasteiger partial charge in [-0.3, -0.25) is 0 Å². The molecule has 0 spiro atoms. The molecule has 2 unspecified atom stereocenters. The average molecular weight is 548 g/mol. The van der Waals surface area contributed by atoms with Gasteiger partial charge in [0.25, 0.3) is 8.32 Å². The molecular weight excluding hydrogens is 499 g/mol. The van der Waals surface area contributed by atoms with E-state index >= 15 is 0 Å². The van der Waals surface area contributed by atoms with Crippen molar-refractivity contribution in [2.24, 2.45) is 5.92 Å². The number of nitriles is 1. The normalized spacial score (nSPS) is 15.2. The zero-order valence-electron chi connectivity index (χ0n) is 25.2. The van der Waals surface area contributed by atoms with Crippen molar-refractivity contribution in [1.82, 2.24) is 0 Å². The summed E-state index contributed by atoms with van der Waals surface area (Å²) in [5.74, 6) is 0.332. The highest BCUT2D eigenvalue weighted by Gasteiger charge is 2.49. The molecule has 3 nitrogen and oxygen atoms in total. The minimum absolute atomic E-state index is 0.0199. The summed E-state index contributed by atoms with van der Waals surface area (Å²) < 4.78 is 13.0. The Bertz CT molecular complexity index is 1050. The topological polar surface area (TPSA) is 42.2 Å². The smallest absolute Gasteiger partial charge is 0.261 e. The van der Waals surface area contributed by atoms with Crippen molar-refractivity contribution in [2.45, 2.75) is 91.6 Å². The van der Waals surface area contributed by atoms with Gasteiger partial charge in [0, 0.05) is 0 Å². The standard InChI is InChI=1S/C33H49NO2Si2/c1-27(17-16-18-28(2)29(3)25-30(26-34)36-37(7,8)9)23-24-35-38(33(4,5)6,31-19-12-10-13-20-31)32-21-14-11-15-22-32/h10-15,18-23,29-30H,16-17,24-25H2,1-9H3/b27-23+,28-18+. The summed E-state index contributed by atoms with van der Waals surface area (Å²) in [6, 6.07) is 24.0. The summed E-state index contributed by atoms with van der Waals surface area (Å²) in [7, 11) is -4.23. The van der Waals surface area contributed by atoms with Gasteiger partial charge in [-0.15, -0.1) is 0 Å². The zero-order valence-corrected chi connectivity index (χ0v) is 27.2. The van der Waals surface area contributed by atoms with E-state index in [0.717, 1.165) is 19.3 Å². The first-order valence-corrected chi connectivity index (χ1v) is 19.3. The Morgan fingerprint density at radius 3 is 1.89 bits per heavy atom. The first-order chi connectivity index (χ1) is 17.8. The van der Waals surface area contributed by atoms with Gasteiger partial charge in [0.1, 0.15) is 6.10 Å². The molecule has 2 aromatic carbocycles. The monoisotopic (exact) mass is 547 g/mol. The van der Waals surface area contributed by atoms with Crippen LogP contribution in [0.1, 0.15) is 60.8 Å². The minimum atomic E-state index is -2.51.